The average Bonchev–Trinajstić information content (AvgIpc) is 2.47. The molecule has 1 amide bonds. The Kier molecular flexibility index (Phi) is 5.33. The number of carbonyl (C=O) groups excluding carboxylic acids is 1. The van der Waals surface area contributed by atoms with E-state index in [9.17, 15) is 13.6 Å². The first kappa shape index (κ1) is 15.5. The summed E-state index contributed by atoms with van der Waals surface area (Å²) in [5.74, 6) is -0.707. The van der Waals surface area contributed by atoms with Crippen LogP contribution in [-0.4, -0.2) is 11.7 Å². The first-order valence-corrected chi connectivity index (χ1v) is 7.47. The van der Waals surface area contributed by atoms with Crippen LogP contribution in [0.2, 0.25) is 0 Å². The number of thioether (sulfide) groups is 1. The van der Waals surface area contributed by atoms with Gasteiger partial charge in [0.25, 0.3) is 0 Å². The number of hydrogen-bond acceptors (Lipinski definition) is 2. The minimum atomic E-state index is -0.332. The monoisotopic (exact) mass is 307 g/mol. The first-order valence-electron chi connectivity index (χ1n) is 6.48. The third kappa shape index (κ3) is 4.56. The molecule has 2 aromatic carbocycles. The van der Waals surface area contributed by atoms with Crippen LogP contribution in [0.1, 0.15) is 18.5 Å². The van der Waals surface area contributed by atoms with E-state index in [0.717, 1.165) is 17.3 Å². The SMILES string of the molecule is C[C@H](NC(=O)CSc1ccccc1F)c1ccc(F)cc1. The average molecular weight is 307 g/mol. The lowest BCUT2D eigenvalue weighted by molar-refractivity contribution is -0.119. The number of rotatable bonds is 5. The first-order chi connectivity index (χ1) is 10.1. The lowest BCUT2D eigenvalue weighted by Gasteiger charge is -2.14. The summed E-state index contributed by atoms with van der Waals surface area (Å²) in [6, 6.07) is 12.1. The van der Waals surface area contributed by atoms with Crippen LogP contribution in [0.3, 0.4) is 0 Å². The van der Waals surface area contributed by atoms with Gasteiger partial charge in [0.1, 0.15) is 11.6 Å². The molecule has 0 saturated heterocycles. The Bertz CT molecular complexity index is 616. The Morgan fingerprint density at radius 3 is 2.48 bits per heavy atom. The molecular weight excluding hydrogens is 292 g/mol. The highest BCUT2D eigenvalue weighted by atomic mass is 32.2. The van der Waals surface area contributed by atoms with E-state index in [0.29, 0.717) is 4.90 Å². The maximum absolute atomic E-state index is 13.4. The lowest BCUT2D eigenvalue weighted by atomic mass is 10.1. The Morgan fingerprint density at radius 2 is 1.81 bits per heavy atom. The van der Waals surface area contributed by atoms with Gasteiger partial charge in [0.05, 0.1) is 11.8 Å². The second-order valence-corrected chi connectivity index (χ2v) is 5.58. The number of hydrogen-bond donors (Lipinski definition) is 1. The maximum Gasteiger partial charge on any atom is 0.230 e. The van der Waals surface area contributed by atoms with Gasteiger partial charge in [0, 0.05) is 4.90 Å². The van der Waals surface area contributed by atoms with E-state index in [-0.39, 0.29) is 29.3 Å². The Hall–Kier alpha value is -1.88. The molecule has 5 heteroatoms. The van der Waals surface area contributed by atoms with Gasteiger partial charge in [0.15, 0.2) is 0 Å². The van der Waals surface area contributed by atoms with Crippen LogP contribution in [-0.2, 0) is 4.79 Å². The fraction of sp³-hybridized carbons (Fsp3) is 0.188. The molecule has 1 atom stereocenters. The van der Waals surface area contributed by atoms with Crippen LogP contribution in [0.4, 0.5) is 8.78 Å². The highest BCUT2D eigenvalue weighted by molar-refractivity contribution is 8.00. The van der Waals surface area contributed by atoms with Crippen LogP contribution in [0.25, 0.3) is 0 Å². The number of nitrogens with one attached hydrogen (secondary N) is 1. The van der Waals surface area contributed by atoms with Gasteiger partial charge in [-0.05, 0) is 36.8 Å². The minimum Gasteiger partial charge on any atom is -0.349 e. The number of halogens is 2. The molecule has 0 aliphatic rings. The van der Waals surface area contributed by atoms with Gasteiger partial charge in [0.2, 0.25) is 5.91 Å². The molecule has 0 spiro atoms. The van der Waals surface area contributed by atoms with E-state index in [2.05, 4.69) is 5.32 Å². The molecule has 21 heavy (non-hydrogen) atoms. The summed E-state index contributed by atoms with van der Waals surface area (Å²) in [6.45, 7) is 1.82. The Morgan fingerprint density at radius 1 is 1.14 bits per heavy atom. The lowest BCUT2D eigenvalue weighted by Crippen LogP contribution is -2.28. The van der Waals surface area contributed by atoms with Crippen molar-refractivity contribution in [1.29, 1.82) is 0 Å². The van der Waals surface area contributed by atoms with Crippen LogP contribution in [0, 0.1) is 11.6 Å². The van der Waals surface area contributed by atoms with E-state index in [1.165, 1.54) is 18.2 Å². The van der Waals surface area contributed by atoms with Crippen molar-refractivity contribution in [2.45, 2.75) is 17.9 Å². The quantitative estimate of drug-likeness (QED) is 0.848. The molecule has 0 saturated carbocycles. The smallest absolute Gasteiger partial charge is 0.230 e. The molecule has 110 valence electrons. The van der Waals surface area contributed by atoms with Crippen molar-refractivity contribution >= 4 is 17.7 Å². The Balaban J connectivity index is 1.87. The molecule has 0 heterocycles. The molecule has 0 aliphatic carbocycles. The normalized spacial score (nSPS) is 12.0. The van der Waals surface area contributed by atoms with Crippen LogP contribution >= 0.6 is 11.8 Å². The third-order valence-corrected chi connectivity index (χ3v) is 3.99. The fourth-order valence-corrected chi connectivity index (χ4v) is 2.57. The van der Waals surface area contributed by atoms with Crippen LogP contribution < -0.4 is 5.32 Å². The Labute approximate surface area is 126 Å². The van der Waals surface area contributed by atoms with Crippen LogP contribution in [0.5, 0.6) is 0 Å². The summed E-state index contributed by atoms with van der Waals surface area (Å²) in [7, 11) is 0. The van der Waals surface area contributed by atoms with Crippen molar-refractivity contribution in [1.82, 2.24) is 5.32 Å². The van der Waals surface area contributed by atoms with Crippen molar-refractivity contribution in [2.75, 3.05) is 5.75 Å². The standard InChI is InChI=1S/C16H15F2NOS/c1-11(12-6-8-13(17)9-7-12)19-16(20)10-21-15-5-3-2-4-14(15)18/h2-9,11H,10H2,1H3,(H,19,20)/t11-/m0/s1. The zero-order valence-corrected chi connectivity index (χ0v) is 12.3. The molecule has 0 unspecified atom stereocenters. The molecule has 1 N–H and O–H groups in total. The van der Waals surface area contributed by atoms with Crippen molar-refractivity contribution < 1.29 is 13.6 Å². The van der Waals surface area contributed by atoms with Gasteiger partial charge in [-0.3, -0.25) is 4.79 Å². The largest absolute Gasteiger partial charge is 0.349 e. The second kappa shape index (κ2) is 7.22. The zero-order valence-electron chi connectivity index (χ0n) is 11.5. The van der Waals surface area contributed by atoms with Crippen molar-refractivity contribution in [3.63, 3.8) is 0 Å². The molecule has 0 aromatic heterocycles. The summed E-state index contributed by atoms with van der Waals surface area (Å²) in [4.78, 5) is 12.3. The molecule has 0 aliphatic heterocycles. The zero-order chi connectivity index (χ0) is 15.2. The minimum absolute atomic E-state index is 0.131. The van der Waals surface area contributed by atoms with Gasteiger partial charge in [-0.15, -0.1) is 11.8 Å². The molecular formula is C16H15F2NOS. The van der Waals surface area contributed by atoms with E-state index >= 15 is 0 Å². The third-order valence-electron chi connectivity index (χ3n) is 2.94. The number of benzene rings is 2. The molecule has 2 rings (SSSR count). The van der Waals surface area contributed by atoms with E-state index in [4.69, 9.17) is 0 Å². The highest BCUT2D eigenvalue weighted by Crippen LogP contribution is 2.21. The second-order valence-electron chi connectivity index (χ2n) is 4.56. The van der Waals surface area contributed by atoms with E-state index in [1.807, 2.05) is 6.92 Å². The van der Waals surface area contributed by atoms with Crippen molar-refractivity contribution in [3.8, 4) is 0 Å². The summed E-state index contributed by atoms with van der Waals surface area (Å²) < 4.78 is 26.2. The van der Waals surface area contributed by atoms with Gasteiger partial charge in [-0.25, -0.2) is 8.78 Å². The predicted molar refractivity (Wildman–Crippen MR) is 80.1 cm³/mol. The van der Waals surface area contributed by atoms with Crippen molar-refractivity contribution in [3.05, 3.63) is 65.7 Å². The van der Waals surface area contributed by atoms with Gasteiger partial charge >= 0.3 is 0 Å². The van der Waals surface area contributed by atoms with Gasteiger partial charge < -0.3 is 5.32 Å². The fourth-order valence-electron chi connectivity index (χ4n) is 1.82. The van der Waals surface area contributed by atoms with E-state index in [1.54, 1.807) is 30.3 Å². The van der Waals surface area contributed by atoms with E-state index < -0.39 is 0 Å². The van der Waals surface area contributed by atoms with Gasteiger partial charge in [-0.2, -0.15) is 0 Å². The molecule has 2 nitrogen and oxygen atoms in total. The topological polar surface area (TPSA) is 29.1 Å². The molecule has 0 radical (unpaired) electrons. The number of amides is 1. The molecule has 2 aromatic rings. The summed E-state index contributed by atoms with van der Waals surface area (Å²) in [5.41, 5.74) is 0.820. The summed E-state index contributed by atoms with van der Waals surface area (Å²) in [5, 5.41) is 2.80. The van der Waals surface area contributed by atoms with Gasteiger partial charge in [-0.1, -0.05) is 24.3 Å². The summed E-state index contributed by atoms with van der Waals surface area (Å²) >= 11 is 1.15. The maximum atomic E-state index is 13.4. The number of carbonyl (C=O) groups is 1. The molecule has 0 fully saturated rings. The predicted octanol–water partition coefficient (Wildman–Crippen LogP) is 3.93. The van der Waals surface area contributed by atoms with Crippen molar-refractivity contribution in [2.24, 2.45) is 0 Å². The van der Waals surface area contributed by atoms with Crippen LogP contribution in [0.15, 0.2) is 53.4 Å². The summed E-state index contributed by atoms with van der Waals surface area (Å²) in [6.07, 6.45) is 0. The highest BCUT2D eigenvalue weighted by Gasteiger charge is 2.11. The molecule has 0 bridgehead atoms.